The average Bonchev–Trinajstić information content (AvgIpc) is 2.42. The van der Waals surface area contributed by atoms with E-state index in [4.69, 9.17) is 4.74 Å². The monoisotopic (exact) mass is 246 g/mol. The Bertz CT molecular complexity index is 303. The Morgan fingerprint density at radius 2 is 1.72 bits per heavy atom. The maximum atomic E-state index is 5.61. The summed E-state index contributed by atoms with van der Waals surface area (Å²) in [5, 5.41) is 0. The van der Waals surface area contributed by atoms with Crippen LogP contribution in [-0.2, 0) is 11.3 Å². The van der Waals surface area contributed by atoms with E-state index in [-0.39, 0.29) is 0 Å². The van der Waals surface area contributed by atoms with E-state index in [0.717, 1.165) is 19.6 Å². The molecular formula is C17H26O. The molecule has 1 aromatic rings. The van der Waals surface area contributed by atoms with Crippen LogP contribution in [-0.4, -0.2) is 6.61 Å². The molecule has 0 aliphatic carbocycles. The summed E-state index contributed by atoms with van der Waals surface area (Å²) >= 11 is 0. The minimum Gasteiger partial charge on any atom is -0.376 e. The van der Waals surface area contributed by atoms with Gasteiger partial charge in [0, 0.05) is 0 Å². The Balaban J connectivity index is 1.91. The van der Waals surface area contributed by atoms with Crippen molar-refractivity contribution in [3.8, 4) is 0 Å². The third-order valence-electron chi connectivity index (χ3n) is 2.93. The lowest BCUT2D eigenvalue weighted by atomic mass is 10.1. The van der Waals surface area contributed by atoms with Gasteiger partial charge in [0.1, 0.15) is 0 Å². The first-order valence-corrected chi connectivity index (χ1v) is 7.20. The molecule has 0 saturated carbocycles. The van der Waals surface area contributed by atoms with Crippen LogP contribution in [0.1, 0.15) is 51.0 Å². The van der Waals surface area contributed by atoms with Crippen LogP contribution in [0.3, 0.4) is 0 Å². The molecule has 100 valence electrons. The lowest BCUT2D eigenvalue weighted by molar-refractivity contribution is 0.125. The van der Waals surface area contributed by atoms with E-state index in [1.807, 2.05) is 6.07 Å². The molecule has 18 heavy (non-hydrogen) atoms. The molecule has 0 aliphatic heterocycles. The summed E-state index contributed by atoms with van der Waals surface area (Å²) in [5.41, 5.74) is 1.25. The molecule has 1 heteroatoms. The lowest BCUT2D eigenvalue weighted by Gasteiger charge is -2.01. The fourth-order valence-electron chi connectivity index (χ4n) is 1.84. The van der Waals surface area contributed by atoms with Crippen LogP contribution in [0.2, 0.25) is 0 Å². The number of benzene rings is 1. The van der Waals surface area contributed by atoms with Gasteiger partial charge in [-0.2, -0.15) is 0 Å². The summed E-state index contributed by atoms with van der Waals surface area (Å²) < 4.78 is 5.61. The van der Waals surface area contributed by atoms with E-state index in [2.05, 4.69) is 43.3 Å². The Kier molecular flexibility index (Phi) is 9.18. The molecule has 0 saturated heterocycles. The van der Waals surface area contributed by atoms with E-state index in [1.54, 1.807) is 0 Å². The van der Waals surface area contributed by atoms with Crippen molar-refractivity contribution in [1.82, 2.24) is 0 Å². The second kappa shape index (κ2) is 11.0. The number of unbranched alkanes of at least 4 members (excludes halogenated alkanes) is 4. The summed E-state index contributed by atoms with van der Waals surface area (Å²) in [4.78, 5) is 0. The summed E-state index contributed by atoms with van der Waals surface area (Å²) in [6.07, 6.45) is 12.2. The fourth-order valence-corrected chi connectivity index (χ4v) is 1.84. The largest absolute Gasteiger partial charge is 0.376 e. The van der Waals surface area contributed by atoms with Crippen molar-refractivity contribution in [3.63, 3.8) is 0 Å². The lowest BCUT2D eigenvalue weighted by Crippen LogP contribution is -1.93. The highest BCUT2D eigenvalue weighted by Gasteiger charge is 1.90. The molecule has 0 atom stereocenters. The highest BCUT2D eigenvalue weighted by Crippen LogP contribution is 2.04. The fraction of sp³-hybridized carbons (Fsp3) is 0.529. The predicted octanol–water partition coefficient (Wildman–Crippen LogP) is 5.12. The number of ether oxygens (including phenoxy) is 1. The van der Waals surface area contributed by atoms with Gasteiger partial charge in [0.15, 0.2) is 0 Å². The number of allylic oxidation sites excluding steroid dienone is 1. The molecule has 0 radical (unpaired) electrons. The molecule has 1 nitrogen and oxygen atoms in total. The molecule has 0 N–H and O–H groups in total. The van der Waals surface area contributed by atoms with Crippen molar-refractivity contribution in [1.29, 1.82) is 0 Å². The standard InChI is InChI=1S/C17H26O/c1-2-3-4-5-6-7-8-12-15-18-16-17-13-10-9-11-14-17/h7-11,13-14H,2-6,12,15-16H2,1H3/b8-7-. The van der Waals surface area contributed by atoms with E-state index < -0.39 is 0 Å². The molecule has 0 bridgehead atoms. The van der Waals surface area contributed by atoms with Crippen molar-refractivity contribution in [2.45, 2.75) is 52.1 Å². The first-order chi connectivity index (χ1) is 8.93. The Morgan fingerprint density at radius 1 is 0.944 bits per heavy atom. The van der Waals surface area contributed by atoms with Gasteiger partial charge < -0.3 is 4.74 Å². The van der Waals surface area contributed by atoms with Crippen LogP contribution in [0, 0.1) is 0 Å². The van der Waals surface area contributed by atoms with E-state index in [9.17, 15) is 0 Å². The smallest absolute Gasteiger partial charge is 0.0717 e. The van der Waals surface area contributed by atoms with Gasteiger partial charge in [0.05, 0.1) is 13.2 Å². The van der Waals surface area contributed by atoms with Crippen molar-refractivity contribution < 1.29 is 4.74 Å². The normalized spacial score (nSPS) is 11.2. The van der Waals surface area contributed by atoms with Gasteiger partial charge in [-0.1, -0.05) is 68.7 Å². The first kappa shape index (κ1) is 15.0. The molecule has 0 spiro atoms. The molecule has 0 fully saturated rings. The zero-order chi connectivity index (χ0) is 12.9. The van der Waals surface area contributed by atoms with Crippen LogP contribution in [0.25, 0.3) is 0 Å². The molecule has 1 aromatic carbocycles. The molecule has 0 unspecified atom stereocenters. The van der Waals surface area contributed by atoms with Crippen LogP contribution in [0.5, 0.6) is 0 Å². The van der Waals surface area contributed by atoms with Crippen LogP contribution in [0.15, 0.2) is 42.5 Å². The molecule has 1 rings (SSSR count). The SMILES string of the molecule is CCCCCC/C=C\CCOCc1ccccc1. The third kappa shape index (κ3) is 8.08. The minimum atomic E-state index is 0.727. The summed E-state index contributed by atoms with van der Waals surface area (Å²) in [6, 6.07) is 10.3. The Hall–Kier alpha value is -1.08. The van der Waals surface area contributed by atoms with Gasteiger partial charge in [0.25, 0.3) is 0 Å². The van der Waals surface area contributed by atoms with E-state index in [1.165, 1.54) is 37.7 Å². The average molecular weight is 246 g/mol. The van der Waals surface area contributed by atoms with Gasteiger partial charge in [-0.05, 0) is 24.8 Å². The van der Waals surface area contributed by atoms with E-state index in [0.29, 0.717) is 0 Å². The van der Waals surface area contributed by atoms with Crippen molar-refractivity contribution in [2.24, 2.45) is 0 Å². The maximum absolute atomic E-state index is 5.61. The van der Waals surface area contributed by atoms with Crippen molar-refractivity contribution >= 4 is 0 Å². The second-order valence-electron chi connectivity index (χ2n) is 4.65. The van der Waals surface area contributed by atoms with Crippen LogP contribution in [0.4, 0.5) is 0 Å². The summed E-state index contributed by atoms with van der Waals surface area (Å²) in [7, 11) is 0. The van der Waals surface area contributed by atoms with Gasteiger partial charge in [-0.15, -0.1) is 0 Å². The highest BCUT2D eigenvalue weighted by atomic mass is 16.5. The molecule has 0 amide bonds. The third-order valence-corrected chi connectivity index (χ3v) is 2.93. The molecule has 0 heterocycles. The topological polar surface area (TPSA) is 9.23 Å². The minimum absolute atomic E-state index is 0.727. The van der Waals surface area contributed by atoms with Crippen LogP contribution < -0.4 is 0 Å². The zero-order valence-corrected chi connectivity index (χ0v) is 11.6. The second-order valence-corrected chi connectivity index (χ2v) is 4.65. The Morgan fingerprint density at radius 3 is 2.50 bits per heavy atom. The maximum Gasteiger partial charge on any atom is 0.0717 e. The number of hydrogen-bond acceptors (Lipinski definition) is 1. The highest BCUT2D eigenvalue weighted by molar-refractivity contribution is 5.13. The molecule has 0 aliphatic rings. The van der Waals surface area contributed by atoms with Gasteiger partial charge in [-0.3, -0.25) is 0 Å². The zero-order valence-electron chi connectivity index (χ0n) is 11.6. The summed E-state index contributed by atoms with van der Waals surface area (Å²) in [5.74, 6) is 0. The number of rotatable bonds is 10. The van der Waals surface area contributed by atoms with Gasteiger partial charge in [0.2, 0.25) is 0 Å². The summed E-state index contributed by atoms with van der Waals surface area (Å²) in [6.45, 7) is 3.80. The quantitative estimate of drug-likeness (QED) is 0.411. The number of hydrogen-bond donors (Lipinski definition) is 0. The van der Waals surface area contributed by atoms with Crippen LogP contribution >= 0.6 is 0 Å². The Labute approximate surface area is 112 Å². The predicted molar refractivity (Wildman–Crippen MR) is 78.6 cm³/mol. The van der Waals surface area contributed by atoms with Gasteiger partial charge in [-0.25, -0.2) is 0 Å². The van der Waals surface area contributed by atoms with Crippen molar-refractivity contribution in [3.05, 3.63) is 48.0 Å². The first-order valence-electron chi connectivity index (χ1n) is 7.20. The molecular weight excluding hydrogens is 220 g/mol. The van der Waals surface area contributed by atoms with Gasteiger partial charge >= 0.3 is 0 Å². The molecule has 0 aromatic heterocycles. The van der Waals surface area contributed by atoms with Crippen molar-refractivity contribution in [2.75, 3.05) is 6.61 Å². The van der Waals surface area contributed by atoms with E-state index >= 15 is 0 Å².